The molecule has 10 nitrogen and oxygen atoms in total. The third kappa shape index (κ3) is 5.42. The number of aromatic nitrogens is 6. The first-order valence-electron chi connectivity index (χ1n) is 12.1. The highest BCUT2D eigenvalue weighted by molar-refractivity contribution is 7.13. The summed E-state index contributed by atoms with van der Waals surface area (Å²) in [5, 5.41) is 13.2. The van der Waals surface area contributed by atoms with E-state index in [0.29, 0.717) is 16.9 Å². The van der Waals surface area contributed by atoms with E-state index in [2.05, 4.69) is 25.5 Å². The van der Waals surface area contributed by atoms with Crippen LogP contribution in [0.1, 0.15) is 66.3 Å². The summed E-state index contributed by atoms with van der Waals surface area (Å²) in [7, 11) is 0. The van der Waals surface area contributed by atoms with Crippen LogP contribution in [0.5, 0.6) is 0 Å². The van der Waals surface area contributed by atoms with Crippen molar-refractivity contribution in [3.8, 4) is 22.0 Å². The van der Waals surface area contributed by atoms with Gasteiger partial charge < -0.3 is 10.1 Å². The largest absolute Gasteiger partial charge is 0.317 e. The Hall–Kier alpha value is -4.13. The third-order valence-electron chi connectivity index (χ3n) is 6.26. The van der Waals surface area contributed by atoms with Crippen LogP contribution in [0.4, 0.5) is 14.5 Å². The van der Waals surface area contributed by atoms with Crippen LogP contribution in [0.2, 0.25) is 0 Å². The van der Waals surface area contributed by atoms with E-state index >= 15 is 0 Å². The number of thiazole rings is 1. The molecule has 5 rings (SSSR count). The minimum Gasteiger partial charge on any atom is -0.317 e. The fraction of sp³-hybridized carbons (Fsp3) is 0.320. The van der Waals surface area contributed by atoms with Gasteiger partial charge in [0, 0.05) is 36.2 Å². The van der Waals surface area contributed by atoms with Gasteiger partial charge in [0.1, 0.15) is 28.4 Å². The van der Waals surface area contributed by atoms with Crippen molar-refractivity contribution in [3.63, 3.8) is 0 Å². The molecule has 1 N–H and O–H groups in total. The van der Waals surface area contributed by atoms with Gasteiger partial charge in [-0.25, -0.2) is 19.0 Å². The van der Waals surface area contributed by atoms with E-state index in [0.717, 1.165) is 48.9 Å². The topological polar surface area (TPSA) is 125 Å². The zero-order chi connectivity index (χ0) is 26.6. The van der Waals surface area contributed by atoms with Crippen molar-refractivity contribution < 1.29 is 23.2 Å². The molecule has 1 aliphatic carbocycles. The molecular formula is C25H23F2N7O3S. The molecule has 4 heterocycles. The van der Waals surface area contributed by atoms with Gasteiger partial charge in [0.05, 0.1) is 17.9 Å². The molecule has 1 aliphatic rings. The van der Waals surface area contributed by atoms with Crippen molar-refractivity contribution in [3.05, 3.63) is 53.6 Å². The number of rotatable bonds is 8. The number of nitrogens with one attached hydrogen (secondary N) is 1. The number of amides is 1. The summed E-state index contributed by atoms with van der Waals surface area (Å²) in [6, 6.07) is 1.98. The van der Waals surface area contributed by atoms with Gasteiger partial charge in [-0.05, 0) is 25.0 Å². The van der Waals surface area contributed by atoms with Gasteiger partial charge in [-0.15, -0.1) is 11.3 Å². The van der Waals surface area contributed by atoms with Crippen molar-refractivity contribution in [2.75, 3.05) is 5.32 Å². The monoisotopic (exact) mass is 539 g/mol. The van der Waals surface area contributed by atoms with Gasteiger partial charge in [0.25, 0.3) is 5.91 Å². The maximum atomic E-state index is 14.6. The average molecular weight is 540 g/mol. The summed E-state index contributed by atoms with van der Waals surface area (Å²) in [4.78, 5) is 43.7. The first kappa shape index (κ1) is 25.5. The number of aldehydes is 1. The Morgan fingerprint density at radius 2 is 1.92 bits per heavy atom. The van der Waals surface area contributed by atoms with Crippen LogP contribution in [-0.2, 0) is 4.79 Å². The summed E-state index contributed by atoms with van der Waals surface area (Å²) in [5.74, 6) is -2.52. The van der Waals surface area contributed by atoms with E-state index < -0.39 is 17.7 Å². The van der Waals surface area contributed by atoms with E-state index in [1.165, 1.54) is 23.7 Å². The summed E-state index contributed by atoms with van der Waals surface area (Å²) >= 11 is 1.18. The van der Waals surface area contributed by atoms with E-state index in [1.807, 2.05) is 0 Å². The number of hydrogen-bond donors (Lipinski definition) is 1. The number of pyridine rings is 1. The molecule has 38 heavy (non-hydrogen) atoms. The Kier molecular flexibility index (Phi) is 7.45. The van der Waals surface area contributed by atoms with Crippen molar-refractivity contribution in [2.24, 2.45) is 0 Å². The van der Waals surface area contributed by atoms with Crippen molar-refractivity contribution >= 4 is 35.1 Å². The van der Waals surface area contributed by atoms with Gasteiger partial charge in [-0.2, -0.15) is 14.6 Å². The average Bonchev–Trinajstić information content (AvgIpc) is 3.69. The highest BCUT2D eigenvalue weighted by Crippen LogP contribution is 2.34. The molecule has 0 atom stereocenters. The second-order valence-electron chi connectivity index (χ2n) is 8.89. The molecule has 0 aromatic carbocycles. The smallest absolute Gasteiger partial charge is 0.275 e. The lowest BCUT2D eigenvalue weighted by molar-refractivity contribution is -0.107. The van der Waals surface area contributed by atoms with Crippen LogP contribution in [0.15, 0.2) is 36.1 Å². The van der Waals surface area contributed by atoms with Crippen molar-refractivity contribution in [2.45, 2.75) is 51.0 Å². The Labute approximate surface area is 219 Å². The fourth-order valence-electron chi connectivity index (χ4n) is 4.34. The fourth-order valence-corrected chi connectivity index (χ4v) is 5.11. The summed E-state index contributed by atoms with van der Waals surface area (Å²) in [6.07, 6.45) is 10.4. The van der Waals surface area contributed by atoms with Crippen LogP contribution < -0.4 is 5.32 Å². The van der Waals surface area contributed by atoms with Gasteiger partial charge >= 0.3 is 0 Å². The second-order valence-corrected chi connectivity index (χ2v) is 9.75. The van der Waals surface area contributed by atoms with Gasteiger partial charge in [0.2, 0.25) is 11.9 Å². The predicted molar refractivity (Wildman–Crippen MR) is 135 cm³/mol. The molecule has 0 unspecified atom stereocenters. The standard InChI is InChI=1S/C25H23F2N7O3S/c26-17-8-9-20(27)31-22(17)23-18(13-33(32-23)16-5-2-1-3-6-16)29-24(37)19-14-38-25(30-19)15-11-28-34(12-15)21(36)7-4-10-35/h8-14,16H,1-7H2,(H,29,37). The molecular weight excluding hydrogens is 516 g/mol. The predicted octanol–water partition coefficient (Wildman–Crippen LogP) is 4.92. The number of carbonyl (C=O) groups excluding carboxylic acids is 3. The first-order valence-corrected chi connectivity index (χ1v) is 13.0. The van der Waals surface area contributed by atoms with Crippen LogP contribution in [0, 0.1) is 11.8 Å². The lowest BCUT2D eigenvalue weighted by Crippen LogP contribution is -2.14. The molecule has 1 amide bonds. The van der Waals surface area contributed by atoms with Crippen molar-refractivity contribution in [1.29, 1.82) is 0 Å². The van der Waals surface area contributed by atoms with Crippen LogP contribution in [0.3, 0.4) is 0 Å². The van der Waals surface area contributed by atoms with Gasteiger partial charge in [-0.1, -0.05) is 19.3 Å². The molecule has 0 bridgehead atoms. The molecule has 1 fully saturated rings. The van der Waals surface area contributed by atoms with Gasteiger partial charge in [-0.3, -0.25) is 14.3 Å². The third-order valence-corrected chi connectivity index (χ3v) is 7.15. The minimum atomic E-state index is -0.861. The Morgan fingerprint density at radius 1 is 1.11 bits per heavy atom. The number of carbonyl (C=O) groups is 3. The first-order chi connectivity index (χ1) is 18.4. The molecule has 0 spiro atoms. The Balaban J connectivity index is 1.40. The number of nitrogens with zero attached hydrogens (tertiary/aromatic N) is 6. The number of hydrogen-bond acceptors (Lipinski definition) is 8. The van der Waals surface area contributed by atoms with Crippen LogP contribution >= 0.6 is 11.3 Å². The highest BCUT2D eigenvalue weighted by Gasteiger charge is 2.24. The zero-order valence-electron chi connectivity index (χ0n) is 20.1. The maximum absolute atomic E-state index is 14.6. The summed E-state index contributed by atoms with van der Waals surface area (Å²) < 4.78 is 31.3. The lowest BCUT2D eigenvalue weighted by atomic mass is 9.96. The molecule has 196 valence electrons. The molecule has 4 aromatic heterocycles. The molecule has 0 radical (unpaired) electrons. The molecule has 1 saturated carbocycles. The second kappa shape index (κ2) is 11.1. The van der Waals surface area contributed by atoms with Crippen LogP contribution in [0.25, 0.3) is 22.0 Å². The van der Waals surface area contributed by atoms with E-state index in [1.54, 1.807) is 16.3 Å². The maximum Gasteiger partial charge on any atom is 0.275 e. The summed E-state index contributed by atoms with van der Waals surface area (Å²) in [6.45, 7) is 0. The normalized spacial score (nSPS) is 13.9. The van der Waals surface area contributed by atoms with E-state index in [9.17, 15) is 23.2 Å². The van der Waals surface area contributed by atoms with Crippen molar-refractivity contribution in [1.82, 2.24) is 29.5 Å². The van der Waals surface area contributed by atoms with E-state index in [4.69, 9.17) is 0 Å². The quantitative estimate of drug-likeness (QED) is 0.249. The SMILES string of the molecule is O=CCCC(=O)n1cc(-c2nc(C(=O)Nc3cn(C4CCCCC4)nc3-c3nc(F)ccc3F)cs2)cn1. The number of anilines is 1. The highest BCUT2D eigenvalue weighted by atomic mass is 32.1. The van der Waals surface area contributed by atoms with Gasteiger partial charge in [0.15, 0.2) is 5.82 Å². The van der Waals surface area contributed by atoms with Crippen LogP contribution in [-0.4, -0.2) is 47.6 Å². The molecule has 4 aromatic rings. The molecule has 0 aliphatic heterocycles. The molecule has 0 saturated heterocycles. The minimum absolute atomic E-state index is 0.0338. The zero-order valence-corrected chi connectivity index (χ0v) is 21.0. The lowest BCUT2D eigenvalue weighted by Gasteiger charge is -2.21. The molecule has 13 heteroatoms. The Morgan fingerprint density at radius 3 is 2.71 bits per heavy atom. The van der Waals surface area contributed by atoms with E-state index in [-0.39, 0.29) is 47.6 Å². The Bertz CT molecular complexity index is 1490. The summed E-state index contributed by atoms with van der Waals surface area (Å²) in [5.41, 5.74) is 0.562. The number of halogens is 2.